The molecule has 0 amide bonds. The van der Waals surface area contributed by atoms with Gasteiger partial charge in [0.05, 0.1) is 5.60 Å². The number of aromatic carboxylic acids is 1. The monoisotopic (exact) mass is 243 g/mol. The Bertz CT molecular complexity index is 379. The van der Waals surface area contributed by atoms with Crippen LogP contribution in [0.3, 0.4) is 0 Å². The fourth-order valence-corrected chi connectivity index (χ4v) is 2.18. The first-order chi connectivity index (χ1) is 7.29. The Balaban J connectivity index is 2.58. The molecule has 0 atom stereocenters. The van der Waals surface area contributed by atoms with Crippen LogP contribution in [0.2, 0.25) is 0 Å². The van der Waals surface area contributed by atoms with E-state index in [4.69, 9.17) is 5.11 Å². The van der Waals surface area contributed by atoms with Crippen LogP contribution in [0.15, 0.2) is 6.07 Å². The van der Waals surface area contributed by atoms with Crippen molar-refractivity contribution in [1.29, 1.82) is 0 Å². The summed E-state index contributed by atoms with van der Waals surface area (Å²) < 4.78 is 0. The van der Waals surface area contributed by atoms with Crippen molar-refractivity contribution in [3.63, 3.8) is 0 Å². The zero-order chi connectivity index (χ0) is 12.3. The minimum atomic E-state index is -0.887. The number of hydrogen-bond donors (Lipinski definition) is 3. The molecule has 5 heteroatoms. The van der Waals surface area contributed by atoms with Gasteiger partial charge in [-0.1, -0.05) is 0 Å². The summed E-state index contributed by atoms with van der Waals surface area (Å²) in [6.45, 7) is 6.41. The van der Waals surface area contributed by atoms with Gasteiger partial charge in [-0.2, -0.15) is 0 Å². The number of carboxylic acids is 1. The second-order valence-electron chi connectivity index (χ2n) is 4.41. The molecule has 1 rings (SSSR count). The Morgan fingerprint density at radius 3 is 2.62 bits per heavy atom. The Morgan fingerprint density at radius 1 is 1.56 bits per heavy atom. The Kier molecular flexibility index (Phi) is 4.07. The second kappa shape index (κ2) is 4.95. The number of aryl methyl sites for hydroxylation is 1. The maximum Gasteiger partial charge on any atom is 0.345 e. The molecule has 0 aliphatic rings. The summed E-state index contributed by atoms with van der Waals surface area (Å²) in [7, 11) is 0. The quantitative estimate of drug-likeness (QED) is 0.735. The first kappa shape index (κ1) is 13.2. The van der Waals surface area contributed by atoms with Gasteiger partial charge in [-0.15, -0.1) is 11.3 Å². The van der Waals surface area contributed by atoms with E-state index in [9.17, 15) is 9.90 Å². The van der Waals surface area contributed by atoms with Crippen molar-refractivity contribution in [2.75, 3.05) is 6.54 Å². The molecule has 3 N–H and O–H groups in total. The van der Waals surface area contributed by atoms with E-state index in [0.29, 0.717) is 18.0 Å². The standard InChI is InChI=1S/C11H17NO3S/c1-7-8(4-9(16-7)10(13)14)5-12-6-11(2,3)15/h4,12,15H,5-6H2,1-3H3,(H,13,14). The van der Waals surface area contributed by atoms with Crippen LogP contribution in [0.1, 0.15) is 34.0 Å². The van der Waals surface area contributed by atoms with Crippen molar-refractivity contribution < 1.29 is 15.0 Å². The first-order valence-electron chi connectivity index (χ1n) is 5.05. The molecule has 0 bridgehead atoms. The van der Waals surface area contributed by atoms with Gasteiger partial charge in [0.25, 0.3) is 0 Å². The van der Waals surface area contributed by atoms with E-state index in [2.05, 4.69) is 5.32 Å². The molecule has 0 fully saturated rings. The second-order valence-corrected chi connectivity index (χ2v) is 5.67. The van der Waals surface area contributed by atoms with Gasteiger partial charge < -0.3 is 15.5 Å². The third-order valence-electron chi connectivity index (χ3n) is 2.10. The fourth-order valence-electron chi connectivity index (χ4n) is 1.30. The summed E-state index contributed by atoms with van der Waals surface area (Å²) in [6.07, 6.45) is 0. The largest absolute Gasteiger partial charge is 0.477 e. The maximum atomic E-state index is 10.7. The van der Waals surface area contributed by atoms with E-state index < -0.39 is 11.6 Å². The lowest BCUT2D eigenvalue weighted by molar-refractivity contribution is 0.0701. The average Bonchev–Trinajstić information content (AvgIpc) is 2.46. The predicted molar refractivity (Wildman–Crippen MR) is 64.0 cm³/mol. The first-order valence-corrected chi connectivity index (χ1v) is 5.87. The summed E-state index contributed by atoms with van der Waals surface area (Å²) in [5.41, 5.74) is 0.228. The normalized spacial score (nSPS) is 11.8. The van der Waals surface area contributed by atoms with Crippen molar-refractivity contribution >= 4 is 17.3 Å². The average molecular weight is 243 g/mol. The zero-order valence-corrected chi connectivity index (χ0v) is 10.5. The highest BCUT2D eigenvalue weighted by Crippen LogP contribution is 2.21. The molecule has 1 heterocycles. The SMILES string of the molecule is Cc1sc(C(=O)O)cc1CNCC(C)(C)O. The molecule has 0 saturated heterocycles. The number of nitrogens with one attached hydrogen (secondary N) is 1. The van der Waals surface area contributed by atoms with Crippen LogP contribution in [-0.4, -0.2) is 28.3 Å². The van der Waals surface area contributed by atoms with Crippen LogP contribution in [0.25, 0.3) is 0 Å². The zero-order valence-electron chi connectivity index (χ0n) is 9.70. The highest BCUT2D eigenvalue weighted by Gasteiger charge is 2.13. The summed E-state index contributed by atoms with van der Waals surface area (Å²) in [6, 6.07) is 1.68. The van der Waals surface area contributed by atoms with E-state index in [-0.39, 0.29) is 0 Å². The Hall–Kier alpha value is -0.910. The maximum absolute atomic E-state index is 10.7. The van der Waals surface area contributed by atoms with Crippen molar-refractivity contribution in [3.8, 4) is 0 Å². The van der Waals surface area contributed by atoms with Gasteiger partial charge in [-0.05, 0) is 32.4 Å². The lowest BCUT2D eigenvalue weighted by Gasteiger charge is -2.17. The summed E-state index contributed by atoms with van der Waals surface area (Å²) in [4.78, 5) is 12.1. The molecule has 0 aliphatic carbocycles. The molecule has 0 radical (unpaired) electrons. The summed E-state index contributed by atoms with van der Waals surface area (Å²) in [5.74, 6) is -0.887. The number of thiophene rings is 1. The van der Waals surface area contributed by atoms with E-state index in [0.717, 1.165) is 10.4 Å². The smallest absolute Gasteiger partial charge is 0.345 e. The van der Waals surface area contributed by atoms with Gasteiger partial charge in [0.2, 0.25) is 0 Å². The van der Waals surface area contributed by atoms with Crippen molar-refractivity contribution in [3.05, 3.63) is 21.4 Å². The third-order valence-corrected chi connectivity index (χ3v) is 3.19. The van der Waals surface area contributed by atoms with E-state index in [1.54, 1.807) is 19.9 Å². The Labute approximate surface area is 98.9 Å². The van der Waals surface area contributed by atoms with Crippen LogP contribution in [0.4, 0.5) is 0 Å². The van der Waals surface area contributed by atoms with Crippen molar-refractivity contribution in [2.45, 2.75) is 32.9 Å². The lowest BCUT2D eigenvalue weighted by Crippen LogP contribution is -2.34. The fraction of sp³-hybridized carbons (Fsp3) is 0.545. The van der Waals surface area contributed by atoms with Crippen LogP contribution >= 0.6 is 11.3 Å². The van der Waals surface area contributed by atoms with Gasteiger partial charge in [-0.25, -0.2) is 4.79 Å². The van der Waals surface area contributed by atoms with Gasteiger partial charge in [0.1, 0.15) is 4.88 Å². The van der Waals surface area contributed by atoms with Gasteiger partial charge in [0, 0.05) is 18.0 Å². The topological polar surface area (TPSA) is 69.6 Å². The van der Waals surface area contributed by atoms with Crippen LogP contribution in [0, 0.1) is 6.92 Å². The number of aliphatic hydroxyl groups is 1. The Morgan fingerprint density at radius 2 is 2.19 bits per heavy atom. The lowest BCUT2D eigenvalue weighted by atomic mass is 10.1. The summed E-state index contributed by atoms with van der Waals surface area (Å²) >= 11 is 1.28. The highest BCUT2D eigenvalue weighted by atomic mass is 32.1. The minimum Gasteiger partial charge on any atom is -0.477 e. The summed E-state index contributed by atoms with van der Waals surface area (Å²) in [5, 5.41) is 21.4. The van der Waals surface area contributed by atoms with Gasteiger partial charge >= 0.3 is 5.97 Å². The molecule has 0 aromatic carbocycles. The molecule has 0 spiro atoms. The number of hydrogen-bond acceptors (Lipinski definition) is 4. The third kappa shape index (κ3) is 3.92. The van der Waals surface area contributed by atoms with Gasteiger partial charge in [-0.3, -0.25) is 0 Å². The van der Waals surface area contributed by atoms with Crippen LogP contribution < -0.4 is 5.32 Å². The molecule has 0 aliphatic heterocycles. The molecular weight excluding hydrogens is 226 g/mol. The molecule has 1 aromatic heterocycles. The highest BCUT2D eigenvalue weighted by molar-refractivity contribution is 7.14. The predicted octanol–water partition coefficient (Wildman–Crippen LogP) is 1.62. The molecule has 0 saturated carbocycles. The van der Waals surface area contributed by atoms with E-state index in [1.165, 1.54) is 11.3 Å². The molecule has 1 aromatic rings. The van der Waals surface area contributed by atoms with Gasteiger partial charge in [0.15, 0.2) is 0 Å². The van der Waals surface area contributed by atoms with E-state index >= 15 is 0 Å². The molecule has 0 unspecified atom stereocenters. The molecule has 90 valence electrons. The van der Waals surface area contributed by atoms with Crippen molar-refractivity contribution in [2.24, 2.45) is 0 Å². The van der Waals surface area contributed by atoms with Crippen molar-refractivity contribution in [1.82, 2.24) is 5.32 Å². The molecule has 4 nitrogen and oxygen atoms in total. The molecule has 16 heavy (non-hydrogen) atoms. The van der Waals surface area contributed by atoms with E-state index in [1.807, 2.05) is 6.92 Å². The minimum absolute atomic E-state index is 0.359. The van der Waals surface area contributed by atoms with Crippen LogP contribution in [0.5, 0.6) is 0 Å². The number of carbonyl (C=O) groups is 1. The molecular formula is C11H17NO3S. The number of rotatable bonds is 5. The number of carboxylic acid groups (broad SMARTS) is 1. The van der Waals surface area contributed by atoms with Crippen LogP contribution in [-0.2, 0) is 6.54 Å².